The van der Waals surface area contributed by atoms with E-state index in [-0.39, 0.29) is 0 Å². The largest absolute Gasteiger partial charge is 0.616 e. The summed E-state index contributed by atoms with van der Waals surface area (Å²) in [5.74, 6) is 1.67. The lowest BCUT2D eigenvalue weighted by Gasteiger charge is -2.39. The Morgan fingerprint density at radius 1 is 1.19 bits per heavy atom. The van der Waals surface area contributed by atoms with E-state index in [0.29, 0.717) is 12.6 Å². The highest BCUT2D eigenvalue weighted by atomic mass is 32.2. The standard InChI is InChI=1S/C11H19N2O2S/c14-8-5-12-3-1-11(2-4-12)13-6-9-16(15)10-7-13/h11H,1-7,9-10H2. The van der Waals surface area contributed by atoms with Crippen LogP contribution in [0.3, 0.4) is 0 Å². The normalized spacial score (nSPS) is 27.1. The first-order valence-corrected chi connectivity index (χ1v) is 7.45. The summed E-state index contributed by atoms with van der Waals surface area (Å²) >= 11 is -0.579. The fraction of sp³-hybridized carbons (Fsp3) is 0.909. The quantitative estimate of drug-likeness (QED) is 0.634. The van der Waals surface area contributed by atoms with Gasteiger partial charge in [-0.05, 0) is 12.8 Å². The Morgan fingerprint density at radius 3 is 2.38 bits per heavy atom. The molecular formula is C11H19N2O2S. The molecule has 4 nitrogen and oxygen atoms in total. The van der Waals surface area contributed by atoms with Crippen molar-refractivity contribution in [3.05, 3.63) is 0 Å². The van der Waals surface area contributed by atoms with Gasteiger partial charge in [-0.3, -0.25) is 14.6 Å². The Hall–Kier alpha value is -0.100. The molecule has 91 valence electrons. The topological polar surface area (TPSA) is 46.6 Å². The molecule has 16 heavy (non-hydrogen) atoms. The van der Waals surface area contributed by atoms with E-state index in [1.165, 1.54) is 0 Å². The van der Waals surface area contributed by atoms with Crippen molar-refractivity contribution in [2.75, 3.05) is 44.2 Å². The molecule has 2 aliphatic heterocycles. The number of rotatable bonds is 3. The summed E-state index contributed by atoms with van der Waals surface area (Å²) in [6, 6.07) is 0.639. The van der Waals surface area contributed by atoms with Crippen LogP contribution in [0, 0.1) is 0 Å². The van der Waals surface area contributed by atoms with Crippen LogP contribution in [0.2, 0.25) is 0 Å². The maximum Gasteiger partial charge on any atom is 0.213 e. The fourth-order valence-corrected chi connectivity index (χ4v) is 3.63. The molecule has 2 fully saturated rings. The molecule has 0 unspecified atom stereocenters. The van der Waals surface area contributed by atoms with Gasteiger partial charge in [0.1, 0.15) is 11.5 Å². The van der Waals surface area contributed by atoms with Crippen molar-refractivity contribution in [2.45, 2.75) is 18.9 Å². The monoisotopic (exact) mass is 243 g/mol. The zero-order valence-electron chi connectivity index (χ0n) is 9.56. The first kappa shape index (κ1) is 12.4. The van der Waals surface area contributed by atoms with Crippen LogP contribution in [0.5, 0.6) is 0 Å². The average Bonchev–Trinajstić information content (AvgIpc) is 2.32. The van der Waals surface area contributed by atoms with E-state index >= 15 is 0 Å². The number of nitrogens with zero attached hydrogens (tertiary/aromatic N) is 2. The molecule has 2 rings (SSSR count). The number of hydrogen-bond donors (Lipinski definition) is 0. The van der Waals surface area contributed by atoms with Gasteiger partial charge in [-0.2, -0.15) is 0 Å². The smallest absolute Gasteiger partial charge is 0.213 e. The van der Waals surface area contributed by atoms with Gasteiger partial charge in [0.05, 0.1) is 6.54 Å². The van der Waals surface area contributed by atoms with Crippen molar-refractivity contribution in [1.29, 1.82) is 0 Å². The zero-order chi connectivity index (χ0) is 11.4. The van der Waals surface area contributed by atoms with Crippen molar-refractivity contribution in [2.24, 2.45) is 0 Å². The first-order chi connectivity index (χ1) is 7.79. The first-order valence-electron chi connectivity index (χ1n) is 5.96. The minimum Gasteiger partial charge on any atom is -0.616 e. The number of likely N-dealkylation sites (tertiary alicyclic amines) is 1. The summed E-state index contributed by atoms with van der Waals surface area (Å²) in [5, 5.41) is 0. The molecule has 0 amide bonds. The molecule has 1 radical (unpaired) electrons. The Balaban J connectivity index is 1.74. The van der Waals surface area contributed by atoms with Crippen molar-refractivity contribution in [3.8, 4) is 0 Å². The predicted octanol–water partition coefficient (Wildman–Crippen LogP) is -0.375. The molecular weight excluding hydrogens is 224 g/mol. The maximum atomic E-state index is 11.3. The van der Waals surface area contributed by atoms with E-state index in [1.807, 2.05) is 6.29 Å². The number of piperidine rings is 1. The van der Waals surface area contributed by atoms with Crippen LogP contribution in [0.4, 0.5) is 0 Å². The SMILES string of the molecule is O=[C]CN1CCC(N2CC[S+]([O-])CC2)CC1. The average molecular weight is 243 g/mol. The molecule has 2 saturated heterocycles. The zero-order valence-corrected chi connectivity index (χ0v) is 10.4. The van der Waals surface area contributed by atoms with Gasteiger partial charge in [0.25, 0.3) is 0 Å². The van der Waals surface area contributed by atoms with Gasteiger partial charge in [-0.15, -0.1) is 0 Å². The predicted molar refractivity (Wildman–Crippen MR) is 64.6 cm³/mol. The third kappa shape index (κ3) is 3.20. The molecule has 0 spiro atoms. The van der Waals surface area contributed by atoms with Crippen molar-refractivity contribution >= 4 is 17.5 Å². The lowest BCUT2D eigenvalue weighted by Crippen LogP contribution is -2.50. The summed E-state index contributed by atoms with van der Waals surface area (Å²) < 4.78 is 11.3. The third-order valence-corrected chi connectivity index (χ3v) is 4.85. The third-order valence-electron chi connectivity index (χ3n) is 3.57. The molecule has 0 aliphatic carbocycles. The highest BCUT2D eigenvalue weighted by Crippen LogP contribution is 2.18. The molecule has 0 aromatic carbocycles. The van der Waals surface area contributed by atoms with Gasteiger partial charge >= 0.3 is 0 Å². The highest BCUT2D eigenvalue weighted by Gasteiger charge is 2.28. The molecule has 0 aromatic rings. The van der Waals surface area contributed by atoms with E-state index in [0.717, 1.165) is 50.5 Å². The Morgan fingerprint density at radius 2 is 1.81 bits per heavy atom. The summed E-state index contributed by atoms with van der Waals surface area (Å²) in [4.78, 5) is 14.9. The van der Waals surface area contributed by atoms with Crippen LogP contribution in [-0.2, 0) is 16.0 Å². The molecule has 0 N–H and O–H groups in total. The van der Waals surface area contributed by atoms with Gasteiger partial charge in [-0.1, -0.05) is 11.2 Å². The number of hydrogen-bond acceptors (Lipinski definition) is 4. The lowest BCUT2D eigenvalue weighted by molar-refractivity contribution is 0.123. The van der Waals surface area contributed by atoms with E-state index < -0.39 is 11.2 Å². The lowest BCUT2D eigenvalue weighted by atomic mass is 10.0. The van der Waals surface area contributed by atoms with E-state index in [9.17, 15) is 9.35 Å². The minimum absolute atomic E-state index is 0.455. The molecule has 0 atom stereocenters. The summed E-state index contributed by atoms with van der Waals surface area (Å²) in [6.07, 6.45) is 4.23. The van der Waals surface area contributed by atoms with Crippen molar-refractivity contribution in [1.82, 2.24) is 9.80 Å². The van der Waals surface area contributed by atoms with Gasteiger partial charge in [-0.25, -0.2) is 0 Å². The molecule has 0 aromatic heterocycles. The van der Waals surface area contributed by atoms with E-state index in [2.05, 4.69) is 9.80 Å². The van der Waals surface area contributed by atoms with E-state index in [4.69, 9.17) is 0 Å². The van der Waals surface area contributed by atoms with E-state index in [1.54, 1.807) is 0 Å². The van der Waals surface area contributed by atoms with Crippen LogP contribution >= 0.6 is 0 Å². The van der Waals surface area contributed by atoms with Crippen molar-refractivity contribution in [3.63, 3.8) is 0 Å². The Bertz CT molecular complexity index is 224. The second kappa shape index (κ2) is 6.00. The molecule has 2 heterocycles. The van der Waals surface area contributed by atoms with Crippen LogP contribution in [0.1, 0.15) is 12.8 Å². The minimum atomic E-state index is -0.579. The van der Waals surface area contributed by atoms with Gasteiger partial charge in [0.2, 0.25) is 6.29 Å². The van der Waals surface area contributed by atoms with Crippen LogP contribution < -0.4 is 0 Å². The number of carbonyl (C=O) groups excluding carboxylic acids is 1. The Labute approximate surface area is 100 Å². The second-order valence-electron chi connectivity index (χ2n) is 4.54. The molecule has 2 aliphatic rings. The second-order valence-corrected chi connectivity index (χ2v) is 6.23. The van der Waals surface area contributed by atoms with Crippen molar-refractivity contribution < 1.29 is 9.35 Å². The summed E-state index contributed by atoms with van der Waals surface area (Å²) in [7, 11) is 0. The molecule has 0 bridgehead atoms. The van der Waals surface area contributed by atoms with Crippen LogP contribution in [0.15, 0.2) is 0 Å². The molecule has 5 heteroatoms. The molecule has 0 saturated carbocycles. The van der Waals surface area contributed by atoms with Gasteiger partial charge in [0, 0.05) is 32.2 Å². The maximum absolute atomic E-state index is 11.3. The Kier molecular flexibility index (Phi) is 4.64. The summed E-state index contributed by atoms with van der Waals surface area (Å²) in [5.41, 5.74) is 0. The van der Waals surface area contributed by atoms with Crippen LogP contribution in [0.25, 0.3) is 0 Å². The highest BCUT2D eigenvalue weighted by molar-refractivity contribution is 7.91. The van der Waals surface area contributed by atoms with Gasteiger partial charge in [0.15, 0.2) is 0 Å². The van der Waals surface area contributed by atoms with Gasteiger partial charge < -0.3 is 4.55 Å². The summed E-state index contributed by atoms with van der Waals surface area (Å²) in [6.45, 7) is 4.42. The fourth-order valence-electron chi connectivity index (χ4n) is 2.55. The van der Waals surface area contributed by atoms with Crippen LogP contribution in [-0.4, -0.2) is 70.9 Å².